The Morgan fingerprint density at radius 1 is 1.23 bits per heavy atom. The average molecular weight is 394 g/mol. The maximum Gasteiger partial charge on any atom is 0.243 e. The van der Waals surface area contributed by atoms with Gasteiger partial charge in [0.15, 0.2) is 0 Å². The maximum absolute atomic E-state index is 12.6. The Kier molecular flexibility index (Phi) is 5.31. The number of fused-ring (bicyclic) bond motifs is 1. The second kappa shape index (κ2) is 7.34. The van der Waals surface area contributed by atoms with Crippen molar-refractivity contribution < 1.29 is 8.42 Å². The first-order valence-corrected chi connectivity index (χ1v) is 10.8. The highest BCUT2D eigenvalue weighted by Gasteiger charge is 2.21. The Labute approximate surface area is 157 Å². The van der Waals surface area contributed by atoms with Crippen LogP contribution in [0.5, 0.6) is 0 Å². The molecule has 3 aromatic rings. The maximum atomic E-state index is 12.6. The molecular weight excluding hydrogens is 370 g/mol. The molecule has 0 saturated carbocycles. The number of nitrogens with one attached hydrogen (secondary N) is 1. The molecule has 0 aliphatic carbocycles. The quantitative estimate of drug-likeness (QED) is 0.666. The molecule has 0 aliphatic heterocycles. The van der Waals surface area contributed by atoms with Gasteiger partial charge in [0.05, 0.1) is 22.8 Å². The first kappa shape index (κ1) is 18.8. The number of aromatic nitrogens is 3. The highest BCUT2D eigenvalue weighted by Crippen LogP contribution is 2.25. The molecule has 26 heavy (non-hydrogen) atoms. The monoisotopic (exact) mass is 393 g/mol. The standard InChI is InChI=1S/C17H23N5O2S2/c1-5-21(6-2)26(23,24)15-9-7-14(8-10-15)13(4)19-16-20-22-11-12(3)18-17(22)25-16/h7-11,13H,5-6H2,1-4H3,(H,19,20)/t13-/m0/s1. The molecule has 2 aromatic heterocycles. The SMILES string of the molecule is CCN(CC)S(=O)(=O)c1ccc([C@H](C)Nc2nn3cc(C)nc3s2)cc1. The molecule has 0 radical (unpaired) electrons. The van der Waals surface area contributed by atoms with E-state index < -0.39 is 10.0 Å². The highest BCUT2D eigenvalue weighted by molar-refractivity contribution is 7.89. The van der Waals surface area contributed by atoms with Crippen LogP contribution in [0.15, 0.2) is 35.4 Å². The summed E-state index contributed by atoms with van der Waals surface area (Å²) in [5.74, 6) is 0. The molecule has 0 amide bonds. The number of imidazole rings is 1. The summed E-state index contributed by atoms with van der Waals surface area (Å²) in [6, 6.07) is 7.02. The van der Waals surface area contributed by atoms with Crippen molar-refractivity contribution in [3.05, 3.63) is 41.7 Å². The van der Waals surface area contributed by atoms with Gasteiger partial charge in [-0.25, -0.2) is 17.9 Å². The van der Waals surface area contributed by atoms with Gasteiger partial charge in [-0.15, -0.1) is 5.10 Å². The van der Waals surface area contributed by atoms with E-state index in [0.29, 0.717) is 18.0 Å². The van der Waals surface area contributed by atoms with Crippen molar-refractivity contribution in [2.24, 2.45) is 0 Å². The lowest BCUT2D eigenvalue weighted by molar-refractivity contribution is 0.445. The van der Waals surface area contributed by atoms with Crippen LogP contribution >= 0.6 is 11.3 Å². The first-order valence-electron chi connectivity index (χ1n) is 8.54. The zero-order valence-electron chi connectivity index (χ0n) is 15.3. The Hall–Kier alpha value is -1.97. The van der Waals surface area contributed by atoms with Crippen molar-refractivity contribution in [3.63, 3.8) is 0 Å². The molecule has 1 atom stereocenters. The molecule has 0 bridgehead atoms. The lowest BCUT2D eigenvalue weighted by Gasteiger charge is -2.19. The number of nitrogens with zero attached hydrogens (tertiary/aromatic N) is 4. The molecular formula is C17H23N5O2S2. The zero-order valence-corrected chi connectivity index (χ0v) is 16.9. The van der Waals surface area contributed by atoms with Crippen LogP contribution in [0.25, 0.3) is 4.96 Å². The van der Waals surface area contributed by atoms with E-state index in [1.807, 2.05) is 46.0 Å². The number of aryl methyl sites for hydroxylation is 1. The summed E-state index contributed by atoms with van der Waals surface area (Å²) in [6.45, 7) is 8.56. The van der Waals surface area contributed by atoms with Gasteiger partial charge in [0.1, 0.15) is 0 Å². The van der Waals surface area contributed by atoms with Gasteiger partial charge in [0.25, 0.3) is 0 Å². The van der Waals surface area contributed by atoms with Gasteiger partial charge < -0.3 is 5.32 Å². The summed E-state index contributed by atoms with van der Waals surface area (Å²) in [5.41, 5.74) is 1.93. The molecule has 7 nitrogen and oxygen atoms in total. The highest BCUT2D eigenvalue weighted by atomic mass is 32.2. The van der Waals surface area contributed by atoms with E-state index in [9.17, 15) is 8.42 Å². The molecule has 3 rings (SSSR count). The minimum atomic E-state index is -3.43. The normalized spacial score (nSPS) is 13.4. The summed E-state index contributed by atoms with van der Waals surface area (Å²) in [6.07, 6.45) is 1.88. The van der Waals surface area contributed by atoms with Crippen molar-refractivity contribution >= 4 is 31.5 Å². The van der Waals surface area contributed by atoms with Gasteiger partial charge in [-0.2, -0.15) is 4.31 Å². The lowest BCUT2D eigenvalue weighted by Crippen LogP contribution is -2.30. The second-order valence-corrected chi connectivity index (χ2v) is 8.93. The number of sulfonamides is 1. The van der Waals surface area contributed by atoms with Crippen LogP contribution in [0.1, 0.15) is 38.1 Å². The molecule has 1 N–H and O–H groups in total. The molecule has 0 saturated heterocycles. The number of hydrogen-bond acceptors (Lipinski definition) is 6. The van der Waals surface area contributed by atoms with Crippen LogP contribution in [0, 0.1) is 6.92 Å². The van der Waals surface area contributed by atoms with Crippen molar-refractivity contribution in [1.82, 2.24) is 18.9 Å². The van der Waals surface area contributed by atoms with Gasteiger partial charge in [-0.05, 0) is 31.5 Å². The van der Waals surface area contributed by atoms with Crippen LogP contribution in [0.2, 0.25) is 0 Å². The smallest absolute Gasteiger partial charge is 0.243 e. The third-order valence-electron chi connectivity index (χ3n) is 4.23. The van der Waals surface area contributed by atoms with Crippen molar-refractivity contribution in [2.45, 2.75) is 38.6 Å². The molecule has 1 aromatic carbocycles. The first-order chi connectivity index (χ1) is 12.3. The Morgan fingerprint density at radius 3 is 2.46 bits per heavy atom. The molecule has 0 fully saturated rings. The van der Waals surface area contributed by atoms with Crippen LogP contribution in [-0.2, 0) is 10.0 Å². The summed E-state index contributed by atoms with van der Waals surface area (Å²) >= 11 is 1.49. The van der Waals surface area contributed by atoms with Gasteiger partial charge in [0.2, 0.25) is 20.1 Å². The predicted molar refractivity (Wildman–Crippen MR) is 104 cm³/mol. The van der Waals surface area contributed by atoms with Crippen molar-refractivity contribution in [3.8, 4) is 0 Å². The number of anilines is 1. The van der Waals surface area contributed by atoms with Gasteiger partial charge in [-0.3, -0.25) is 0 Å². The molecule has 9 heteroatoms. The number of benzene rings is 1. The fourth-order valence-electron chi connectivity index (χ4n) is 2.78. The molecule has 2 heterocycles. The summed E-state index contributed by atoms with van der Waals surface area (Å²) in [4.78, 5) is 5.56. The zero-order chi connectivity index (χ0) is 18.9. The predicted octanol–water partition coefficient (Wildman–Crippen LogP) is 3.30. The fourth-order valence-corrected chi connectivity index (χ4v) is 5.15. The van der Waals surface area contributed by atoms with Crippen LogP contribution < -0.4 is 5.32 Å². The van der Waals surface area contributed by atoms with Crippen molar-refractivity contribution in [1.29, 1.82) is 0 Å². The lowest BCUT2D eigenvalue weighted by atomic mass is 10.1. The van der Waals surface area contributed by atoms with Crippen LogP contribution in [-0.4, -0.2) is 40.4 Å². The minimum Gasteiger partial charge on any atom is -0.354 e. The third kappa shape index (κ3) is 3.60. The summed E-state index contributed by atoms with van der Waals surface area (Å²) < 4.78 is 28.3. The van der Waals surface area contributed by atoms with E-state index in [4.69, 9.17) is 0 Å². The molecule has 0 aliphatic rings. The number of rotatable bonds is 7. The van der Waals surface area contributed by atoms with Gasteiger partial charge >= 0.3 is 0 Å². The van der Waals surface area contributed by atoms with E-state index >= 15 is 0 Å². The molecule has 0 unspecified atom stereocenters. The summed E-state index contributed by atoms with van der Waals surface area (Å²) in [7, 11) is -3.43. The second-order valence-electron chi connectivity index (χ2n) is 6.04. The van der Waals surface area contributed by atoms with E-state index in [-0.39, 0.29) is 6.04 Å². The van der Waals surface area contributed by atoms with E-state index in [0.717, 1.165) is 21.3 Å². The Morgan fingerprint density at radius 2 is 1.88 bits per heavy atom. The third-order valence-corrected chi connectivity index (χ3v) is 7.14. The molecule has 140 valence electrons. The minimum absolute atomic E-state index is 0.00263. The molecule has 0 spiro atoms. The Balaban J connectivity index is 1.75. The Bertz CT molecular complexity index is 957. The van der Waals surface area contributed by atoms with Crippen LogP contribution in [0.4, 0.5) is 5.13 Å². The van der Waals surface area contributed by atoms with Crippen LogP contribution in [0.3, 0.4) is 0 Å². The summed E-state index contributed by atoms with van der Waals surface area (Å²) in [5, 5.41) is 8.58. The van der Waals surface area contributed by atoms with Gasteiger partial charge in [-0.1, -0.05) is 37.3 Å². The fraction of sp³-hybridized carbons (Fsp3) is 0.412. The van der Waals surface area contributed by atoms with Crippen molar-refractivity contribution in [2.75, 3.05) is 18.4 Å². The van der Waals surface area contributed by atoms with E-state index in [1.165, 1.54) is 15.6 Å². The number of hydrogen-bond donors (Lipinski definition) is 1. The van der Waals surface area contributed by atoms with Gasteiger partial charge in [0, 0.05) is 13.1 Å². The average Bonchev–Trinajstić information content (AvgIpc) is 3.12. The van der Waals surface area contributed by atoms with E-state index in [1.54, 1.807) is 16.6 Å². The topological polar surface area (TPSA) is 79.6 Å². The largest absolute Gasteiger partial charge is 0.354 e. The van der Waals surface area contributed by atoms with E-state index in [2.05, 4.69) is 15.4 Å².